The molecule has 0 spiro atoms. The summed E-state index contributed by atoms with van der Waals surface area (Å²) < 4.78 is 11.1. The summed E-state index contributed by atoms with van der Waals surface area (Å²) in [7, 11) is 1.72. The third kappa shape index (κ3) is 4.69. The molecule has 0 bridgehead atoms. The second kappa shape index (κ2) is 9.13. The van der Waals surface area contributed by atoms with Crippen LogP contribution < -0.4 is 14.4 Å². The van der Waals surface area contributed by atoms with E-state index in [1.54, 1.807) is 7.11 Å². The van der Waals surface area contributed by atoms with Gasteiger partial charge in [0.1, 0.15) is 11.5 Å². The number of benzene rings is 2. The van der Waals surface area contributed by atoms with E-state index in [2.05, 4.69) is 34.1 Å². The number of nitrogens with zero attached hydrogens (tertiary/aromatic N) is 3. The van der Waals surface area contributed by atoms with Gasteiger partial charge in [0, 0.05) is 13.1 Å². The lowest BCUT2D eigenvalue weighted by molar-refractivity contribution is 0.271. The zero-order valence-corrected chi connectivity index (χ0v) is 15.6. The number of rotatable bonds is 7. The number of hydrogen-bond donors (Lipinski definition) is 0. The SMILES string of the molecule is CCCOc1ccc(/C=N\N2CCN(c3ccccc3OC)CC2)cc1. The molecule has 3 rings (SSSR count). The number of hydrazone groups is 1. The summed E-state index contributed by atoms with van der Waals surface area (Å²) in [5.74, 6) is 1.84. The van der Waals surface area contributed by atoms with Crippen LogP contribution in [0.15, 0.2) is 53.6 Å². The molecule has 138 valence electrons. The summed E-state index contributed by atoms with van der Waals surface area (Å²) in [4.78, 5) is 2.35. The zero-order valence-electron chi connectivity index (χ0n) is 15.6. The van der Waals surface area contributed by atoms with Crippen molar-refractivity contribution in [3.05, 3.63) is 54.1 Å². The molecule has 1 heterocycles. The molecular weight excluding hydrogens is 326 g/mol. The summed E-state index contributed by atoms with van der Waals surface area (Å²) >= 11 is 0. The fourth-order valence-electron chi connectivity index (χ4n) is 2.96. The van der Waals surface area contributed by atoms with E-state index in [-0.39, 0.29) is 0 Å². The number of ether oxygens (including phenoxy) is 2. The van der Waals surface area contributed by atoms with Crippen molar-refractivity contribution in [2.24, 2.45) is 5.10 Å². The van der Waals surface area contributed by atoms with Crippen molar-refractivity contribution in [2.45, 2.75) is 13.3 Å². The van der Waals surface area contributed by atoms with E-state index >= 15 is 0 Å². The van der Waals surface area contributed by atoms with Crippen molar-refractivity contribution >= 4 is 11.9 Å². The molecule has 0 amide bonds. The Balaban J connectivity index is 1.53. The van der Waals surface area contributed by atoms with Gasteiger partial charge >= 0.3 is 0 Å². The van der Waals surface area contributed by atoms with Crippen molar-refractivity contribution in [1.29, 1.82) is 0 Å². The Kier molecular flexibility index (Phi) is 6.36. The smallest absolute Gasteiger partial charge is 0.142 e. The largest absolute Gasteiger partial charge is 0.495 e. The van der Waals surface area contributed by atoms with E-state index in [1.807, 2.05) is 42.6 Å². The fourth-order valence-corrected chi connectivity index (χ4v) is 2.96. The topological polar surface area (TPSA) is 37.3 Å². The lowest BCUT2D eigenvalue weighted by Crippen LogP contribution is -2.44. The second-order valence-corrected chi connectivity index (χ2v) is 6.27. The van der Waals surface area contributed by atoms with Crippen molar-refractivity contribution in [2.75, 3.05) is 44.8 Å². The highest BCUT2D eigenvalue weighted by Gasteiger charge is 2.18. The van der Waals surface area contributed by atoms with Crippen LogP contribution in [0.5, 0.6) is 11.5 Å². The maximum absolute atomic E-state index is 5.61. The van der Waals surface area contributed by atoms with Crippen LogP contribution in [-0.4, -0.2) is 51.1 Å². The molecule has 0 aromatic heterocycles. The predicted molar refractivity (Wildman–Crippen MR) is 107 cm³/mol. The van der Waals surface area contributed by atoms with Gasteiger partial charge in [0.05, 0.1) is 38.7 Å². The Morgan fingerprint density at radius 1 is 1.00 bits per heavy atom. The van der Waals surface area contributed by atoms with Crippen molar-refractivity contribution in [1.82, 2.24) is 5.01 Å². The van der Waals surface area contributed by atoms with E-state index in [0.29, 0.717) is 0 Å². The average Bonchev–Trinajstić information content (AvgIpc) is 2.72. The Morgan fingerprint density at radius 2 is 1.73 bits per heavy atom. The van der Waals surface area contributed by atoms with Crippen LogP contribution in [0.4, 0.5) is 5.69 Å². The zero-order chi connectivity index (χ0) is 18.2. The monoisotopic (exact) mass is 353 g/mol. The third-order valence-corrected chi connectivity index (χ3v) is 4.40. The summed E-state index contributed by atoms with van der Waals surface area (Å²) in [6, 6.07) is 16.2. The molecule has 0 unspecified atom stereocenters. The van der Waals surface area contributed by atoms with Crippen molar-refractivity contribution in [3.63, 3.8) is 0 Å². The van der Waals surface area contributed by atoms with Crippen molar-refractivity contribution in [3.8, 4) is 11.5 Å². The molecule has 1 saturated heterocycles. The highest BCUT2D eigenvalue weighted by atomic mass is 16.5. The van der Waals surface area contributed by atoms with Crippen LogP contribution in [0, 0.1) is 0 Å². The molecule has 2 aromatic carbocycles. The number of methoxy groups -OCH3 is 1. The molecule has 0 saturated carbocycles. The van der Waals surface area contributed by atoms with Crippen LogP contribution in [-0.2, 0) is 0 Å². The van der Waals surface area contributed by atoms with Gasteiger partial charge < -0.3 is 14.4 Å². The Labute approximate surface area is 155 Å². The summed E-state index contributed by atoms with van der Waals surface area (Å²) in [6.45, 7) is 6.51. The van der Waals surface area contributed by atoms with E-state index in [4.69, 9.17) is 9.47 Å². The van der Waals surface area contributed by atoms with Gasteiger partial charge in [0.15, 0.2) is 0 Å². The van der Waals surface area contributed by atoms with Gasteiger partial charge in [-0.15, -0.1) is 0 Å². The molecule has 1 aliphatic rings. The maximum atomic E-state index is 5.61. The van der Waals surface area contributed by atoms with Crippen LogP contribution >= 0.6 is 0 Å². The minimum Gasteiger partial charge on any atom is -0.495 e. The van der Waals surface area contributed by atoms with E-state index < -0.39 is 0 Å². The first-order valence-electron chi connectivity index (χ1n) is 9.20. The molecule has 0 radical (unpaired) electrons. The molecule has 1 aliphatic heterocycles. The van der Waals surface area contributed by atoms with Crippen LogP contribution in [0.3, 0.4) is 0 Å². The lowest BCUT2D eigenvalue weighted by Gasteiger charge is -2.35. The number of piperazine rings is 1. The van der Waals surface area contributed by atoms with Gasteiger partial charge in [-0.1, -0.05) is 19.1 Å². The first kappa shape index (κ1) is 18.1. The summed E-state index contributed by atoms with van der Waals surface area (Å²) in [5, 5.41) is 6.74. The summed E-state index contributed by atoms with van der Waals surface area (Å²) in [5.41, 5.74) is 2.24. The fraction of sp³-hybridized carbons (Fsp3) is 0.381. The molecule has 5 nitrogen and oxygen atoms in total. The van der Waals surface area contributed by atoms with Crippen LogP contribution in [0.25, 0.3) is 0 Å². The lowest BCUT2D eigenvalue weighted by atomic mass is 10.2. The average molecular weight is 353 g/mol. The minimum atomic E-state index is 0.754. The maximum Gasteiger partial charge on any atom is 0.142 e. The number of para-hydroxylation sites is 2. The Hall–Kier alpha value is -2.69. The molecule has 2 aromatic rings. The Morgan fingerprint density at radius 3 is 2.42 bits per heavy atom. The standard InChI is InChI=1S/C21H27N3O2/c1-3-16-26-19-10-8-18(9-11-19)17-22-24-14-12-23(13-15-24)20-6-4-5-7-21(20)25-2/h4-11,17H,3,12-16H2,1-2H3/b22-17-. The van der Waals surface area contributed by atoms with Gasteiger partial charge in [0.2, 0.25) is 0 Å². The van der Waals surface area contributed by atoms with Gasteiger partial charge in [-0.2, -0.15) is 5.10 Å². The number of hydrogen-bond acceptors (Lipinski definition) is 5. The van der Waals surface area contributed by atoms with E-state index in [9.17, 15) is 0 Å². The molecular formula is C21H27N3O2. The molecule has 0 N–H and O–H groups in total. The van der Waals surface area contributed by atoms with Gasteiger partial charge in [-0.05, 0) is 48.4 Å². The van der Waals surface area contributed by atoms with E-state index in [1.165, 1.54) is 0 Å². The van der Waals surface area contributed by atoms with Gasteiger partial charge in [-0.3, -0.25) is 5.01 Å². The minimum absolute atomic E-state index is 0.754. The highest BCUT2D eigenvalue weighted by Crippen LogP contribution is 2.28. The molecule has 0 aliphatic carbocycles. The first-order valence-corrected chi connectivity index (χ1v) is 9.20. The Bertz CT molecular complexity index is 707. The van der Waals surface area contributed by atoms with Crippen molar-refractivity contribution < 1.29 is 9.47 Å². The third-order valence-electron chi connectivity index (χ3n) is 4.40. The first-order chi connectivity index (χ1) is 12.8. The number of anilines is 1. The normalized spacial score (nSPS) is 14.7. The predicted octanol–water partition coefficient (Wildman–Crippen LogP) is 3.64. The molecule has 1 fully saturated rings. The second-order valence-electron chi connectivity index (χ2n) is 6.27. The van der Waals surface area contributed by atoms with Gasteiger partial charge in [0.25, 0.3) is 0 Å². The molecule has 5 heteroatoms. The summed E-state index contributed by atoms with van der Waals surface area (Å²) in [6.07, 6.45) is 2.94. The van der Waals surface area contributed by atoms with E-state index in [0.717, 1.165) is 62.0 Å². The quantitative estimate of drug-likeness (QED) is 0.712. The van der Waals surface area contributed by atoms with Crippen LogP contribution in [0.2, 0.25) is 0 Å². The highest BCUT2D eigenvalue weighted by molar-refractivity contribution is 5.79. The molecule has 0 atom stereocenters. The van der Waals surface area contributed by atoms with Gasteiger partial charge in [-0.25, -0.2) is 0 Å². The van der Waals surface area contributed by atoms with Crippen LogP contribution in [0.1, 0.15) is 18.9 Å². The molecule has 26 heavy (non-hydrogen) atoms.